The summed E-state index contributed by atoms with van der Waals surface area (Å²) < 4.78 is 33.1. The van der Waals surface area contributed by atoms with Crippen LogP contribution in [0.1, 0.15) is 41.0 Å². The maximum absolute atomic E-state index is 13.1. The molecule has 8 nitrogen and oxygen atoms in total. The fraction of sp³-hybridized carbons (Fsp3) is 0.565. The van der Waals surface area contributed by atoms with E-state index >= 15 is 0 Å². The van der Waals surface area contributed by atoms with Crippen LogP contribution in [-0.4, -0.2) is 58.8 Å². The number of pyridine rings is 1. The number of likely N-dealkylation sites (tertiary alicyclic amines) is 1. The van der Waals surface area contributed by atoms with E-state index in [4.69, 9.17) is 15.9 Å². The lowest BCUT2D eigenvalue weighted by molar-refractivity contribution is -0.125. The number of carbonyl (C=O) groups is 1. The number of halogens is 2. The lowest BCUT2D eigenvalue weighted by atomic mass is 10.1. The first-order chi connectivity index (χ1) is 15.6. The number of ether oxygens (including phenoxy) is 1. The molecule has 1 amide bonds. The molecule has 0 aromatic carbocycles. The molecule has 3 N–H and O–H groups in total. The van der Waals surface area contributed by atoms with Gasteiger partial charge in [-0.3, -0.25) is 19.9 Å². The van der Waals surface area contributed by atoms with Crippen molar-refractivity contribution in [1.29, 1.82) is 5.41 Å². The van der Waals surface area contributed by atoms with E-state index in [1.807, 2.05) is 13.0 Å². The average molecular weight is 468 g/mol. The zero-order valence-corrected chi connectivity index (χ0v) is 19.2. The highest BCUT2D eigenvalue weighted by atomic mass is 19.3. The zero-order chi connectivity index (χ0) is 24.4. The minimum atomic E-state index is -2.65. The number of amidine groups is 1. The maximum atomic E-state index is 13.1. The number of nitrogens with two attached hydrogens (primary N) is 1. The monoisotopic (exact) mass is 467 g/mol. The highest BCUT2D eigenvalue weighted by molar-refractivity contribution is 6.04. The zero-order valence-electron chi connectivity index (χ0n) is 19.2. The summed E-state index contributed by atoms with van der Waals surface area (Å²) in [7, 11) is 0. The third-order valence-corrected chi connectivity index (χ3v) is 5.49. The molecule has 0 radical (unpaired) electrons. The predicted molar refractivity (Wildman–Crippen MR) is 126 cm³/mol. The van der Waals surface area contributed by atoms with Crippen molar-refractivity contribution in [3.8, 4) is 0 Å². The SMILES string of the molecule is CCn1ccccc1=O.C[C@@H](C(=O)N=C(N)/C=C\C(=N)OCC1CC1)N1CCC(F)(F)CC1.[HH]. The van der Waals surface area contributed by atoms with Crippen LogP contribution in [0.15, 0.2) is 46.3 Å². The molecule has 1 aromatic heterocycles. The summed E-state index contributed by atoms with van der Waals surface area (Å²) in [6.07, 6.45) is 6.23. The van der Waals surface area contributed by atoms with E-state index in [1.54, 1.807) is 34.7 Å². The number of alkyl halides is 2. The van der Waals surface area contributed by atoms with E-state index in [1.165, 1.54) is 12.2 Å². The van der Waals surface area contributed by atoms with Gasteiger partial charge in [0.2, 0.25) is 11.5 Å². The minimum absolute atomic E-state index is 0. The molecule has 0 spiro atoms. The van der Waals surface area contributed by atoms with Gasteiger partial charge in [0.15, 0.2) is 0 Å². The summed E-state index contributed by atoms with van der Waals surface area (Å²) in [5.74, 6) is -2.64. The number of nitrogens with one attached hydrogen (secondary N) is 1. The molecule has 1 aliphatic heterocycles. The van der Waals surface area contributed by atoms with Gasteiger partial charge in [0, 0.05) is 52.2 Å². The van der Waals surface area contributed by atoms with E-state index in [0.29, 0.717) is 12.5 Å². The van der Waals surface area contributed by atoms with Gasteiger partial charge >= 0.3 is 0 Å². The van der Waals surface area contributed by atoms with Gasteiger partial charge < -0.3 is 15.0 Å². The number of piperidine rings is 1. The van der Waals surface area contributed by atoms with Gasteiger partial charge in [-0.1, -0.05) is 6.07 Å². The smallest absolute Gasteiger partial charge is 0.264 e. The van der Waals surface area contributed by atoms with Crippen LogP contribution >= 0.6 is 0 Å². The van der Waals surface area contributed by atoms with E-state index in [2.05, 4.69) is 4.99 Å². The summed E-state index contributed by atoms with van der Waals surface area (Å²) in [6, 6.07) is 4.56. The molecule has 1 saturated heterocycles. The lowest BCUT2D eigenvalue weighted by Gasteiger charge is -2.34. The standard InChI is InChI=1S/C16H24F2N4O2.C7H9NO.H2/c1-11(22-8-6-16(17,18)7-9-22)15(23)21-13(19)4-5-14(20)24-10-12-2-3-12;1-2-8-6-4-3-5-7(8)9;/h4-5,11-12,20H,2-3,6-10H2,1H3,(H2,19,21,23);3-6H,2H2,1H3;1H/b5-4-,20-14?;;/t11-;;/m0../s1. The number of nitrogens with zero attached hydrogens (tertiary/aromatic N) is 3. The van der Waals surface area contributed by atoms with Gasteiger partial charge in [0.25, 0.3) is 11.8 Å². The van der Waals surface area contributed by atoms with Gasteiger partial charge in [-0.25, -0.2) is 8.78 Å². The number of aromatic nitrogens is 1. The average Bonchev–Trinajstić information content (AvgIpc) is 3.61. The van der Waals surface area contributed by atoms with E-state index in [9.17, 15) is 18.4 Å². The van der Waals surface area contributed by atoms with Gasteiger partial charge in [0.1, 0.15) is 5.84 Å². The second-order valence-electron chi connectivity index (χ2n) is 8.22. The fourth-order valence-electron chi connectivity index (χ4n) is 3.08. The summed E-state index contributed by atoms with van der Waals surface area (Å²) in [5, 5.41) is 7.58. The van der Waals surface area contributed by atoms with Crippen LogP contribution in [-0.2, 0) is 16.1 Å². The van der Waals surface area contributed by atoms with Crippen LogP contribution in [0.4, 0.5) is 8.78 Å². The molecule has 2 fully saturated rings. The Morgan fingerprint density at radius 2 is 2.03 bits per heavy atom. The highest BCUT2D eigenvalue weighted by Gasteiger charge is 2.36. The number of hydrogen-bond acceptors (Lipinski definition) is 5. The van der Waals surface area contributed by atoms with E-state index in [-0.39, 0.29) is 44.7 Å². The summed E-state index contributed by atoms with van der Waals surface area (Å²) in [5.41, 5.74) is 5.72. The largest absolute Gasteiger partial charge is 0.478 e. The maximum Gasteiger partial charge on any atom is 0.264 e. The van der Waals surface area contributed by atoms with Gasteiger partial charge in [-0.15, -0.1) is 0 Å². The molecule has 3 rings (SSSR count). The number of aryl methyl sites for hydroxylation is 1. The first kappa shape index (κ1) is 26.4. The summed E-state index contributed by atoms with van der Waals surface area (Å²) >= 11 is 0. The summed E-state index contributed by atoms with van der Waals surface area (Å²) in [4.78, 5) is 28.3. The van der Waals surface area contributed by atoms with Gasteiger partial charge in [-0.2, -0.15) is 4.99 Å². The van der Waals surface area contributed by atoms with Crippen LogP contribution in [0, 0.1) is 11.3 Å². The van der Waals surface area contributed by atoms with Crippen LogP contribution in [0.3, 0.4) is 0 Å². The second kappa shape index (κ2) is 12.4. The quantitative estimate of drug-likeness (QED) is 0.473. The Balaban J connectivity index is 0.000000486. The minimum Gasteiger partial charge on any atom is -0.478 e. The van der Waals surface area contributed by atoms with Crippen LogP contribution in [0.25, 0.3) is 0 Å². The van der Waals surface area contributed by atoms with E-state index < -0.39 is 17.9 Å². The molecular weight excluding hydrogens is 432 g/mol. The molecule has 1 aliphatic carbocycles. The first-order valence-electron chi connectivity index (χ1n) is 11.2. The van der Waals surface area contributed by atoms with Crippen molar-refractivity contribution in [3.63, 3.8) is 0 Å². The van der Waals surface area contributed by atoms with Gasteiger partial charge in [-0.05, 0) is 44.7 Å². The van der Waals surface area contributed by atoms with Crippen molar-refractivity contribution in [1.82, 2.24) is 9.47 Å². The molecular formula is C23H35F2N5O3. The van der Waals surface area contributed by atoms with Crippen LogP contribution in [0.2, 0.25) is 0 Å². The number of amides is 1. The lowest BCUT2D eigenvalue weighted by Crippen LogP contribution is -2.46. The van der Waals surface area contributed by atoms with Gasteiger partial charge in [0.05, 0.1) is 12.6 Å². The Hall–Kier alpha value is -2.88. The highest BCUT2D eigenvalue weighted by Crippen LogP contribution is 2.29. The molecule has 1 saturated carbocycles. The number of carbonyl (C=O) groups excluding carboxylic acids is 1. The normalized spacial score (nSPS) is 19.5. The van der Waals surface area contributed by atoms with Crippen LogP contribution in [0.5, 0.6) is 0 Å². The molecule has 1 aromatic rings. The molecule has 0 unspecified atom stereocenters. The van der Waals surface area contributed by atoms with Crippen molar-refractivity contribution in [2.75, 3.05) is 19.7 Å². The third kappa shape index (κ3) is 9.65. The Bertz CT molecular complexity index is 921. The number of hydrogen-bond donors (Lipinski definition) is 2. The second-order valence-corrected chi connectivity index (χ2v) is 8.22. The molecule has 2 aliphatic rings. The molecule has 2 heterocycles. The molecule has 33 heavy (non-hydrogen) atoms. The van der Waals surface area contributed by atoms with Crippen molar-refractivity contribution >= 4 is 17.6 Å². The Morgan fingerprint density at radius 3 is 2.58 bits per heavy atom. The topological polar surface area (TPSA) is 114 Å². The fourth-order valence-corrected chi connectivity index (χ4v) is 3.08. The molecule has 10 heteroatoms. The summed E-state index contributed by atoms with van der Waals surface area (Å²) in [6.45, 7) is 5.17. The van der Waals surface area contributed by atoms with Crippen molar-refractivity contribution in [2.45, 2.75) is 58.0 Å². The van der Waals surface area contributed by atoms with E-state index in [0.717, 1.165) is 19.4 Å². The van der Waals surface area contributed by atoms with Crippen molar-refractivity contribution in [2.24, 2.45) is 16.6 Å². The predicted octanol–water partition coefficient (Wildman–Crippen LogP) is 3.06. The molecule has 184 valence electrons. The first-order valence-corrected chi connectivity index (χ1v) is 11.2. The van der Waals surface area contributed by atoms with Crippen molar-refractivity contribution in [3.05, 3.63) is 46.9 Å². The number of rotatable bonds is 7. The molecule has 1 atom stereocenters. The Morgan fingerprint density at radius 1 is 1.36 bits per heavy atom. The molecule has 0 bridgehead atoms. The number of aliphatic imine (C=N–C) groups is 1. The Labute approximate surface area is 194 Å². The third-order valence-electron chi connectivity index (χ3n) is 5.49. The van der Waals surface area contributed by atoms with Crippen molar-refractivity contribution < 1.29 is 19.7 Å². The van der Waals surface area contributed by atoms with Crippen LogP contribution < -0.4 is 11.3 Å². The Kier molecular flexibility index (Phi) is 9.90.